The lowest BCUT2D eigenvalue weighted by molar-refractivity contribution is -0.153. The molecule has 0 spiro atoms. The van der Waals surface area contributed by atoms with E-state index in [4.69, 9.17) is 4.98 Å². The molecule has 6 nitrogen and oxygen atoms in total. The van der Waals surface area contributed by atoms with E-state index in [1.165, 1.54) is 19.3 Å². The molecular formula is C24H37N3O3S. The molecule has 31 heavy (non-hydrogen) atoms. The normalized spacial score (nSPS) is 19.4. The van der Waals surface area contributed by atoms with Crippen LogP contribution < -0.4 is 10.2 Å². The number of pyridine rings is 1. The molecule has 1 aliphatic heterocycles. The zero-order chi connectivity index (χ0) is 22.4. The number of nitrogens with zero attached hydrogens (tertiary/aromatic N) is 2. The molecule has 172 valence electrons. The second-order valence-electron chi connectivity index (χ2n) is 9.28. The van der Waals surface area contributed by atoms with Gasteiger partial charge in [-0.25, -0.2) is 4.98 Å². The fraction of sp³-hybridized carbons (Fsp3) is 0.708. The van der Waals surface area contributed by atoms with E-state index in [0.29, 0.717) is 31.5 Å². The zero-order valence-corrected chi connectivity index (χ0v) is 20.0. The Labute approximate surface area is 190 Å². The summed E-state index contributed by atoms with van der Waals surface area (Å²) >= 11 is 1.63. The number of aliphatic carboxylic acids is 1. The molecule has 1 aromatic heterocycles. The highest BCUT2D eigenvalue weighted by molar-refractivity contribution is 7.99. The van der Waals surface area contributed by atoms with Gasteiger partial charge >= 0.3 is 5.97 Å². The number of hydrogen-bond donors (Lipinski definition) is 2. The van der Waals surface area contributed by atoms with Crippen molar-refractivity contribution < 1.29 is 14.7 Å². The summed E-state index contributed by atoms with van der Waals surface area (Å²) in [5.74, 6) is 1.14. The molecule has 0 unspecified atom stereocenters. The van der Waals surface area contributed by atoms with Gasteiger partial charge in [-0.1, -0.05) is 40.0 Å². The molecule has 1 amide bonds. The highest BCUT2D eigenvalue weighted by atomic mass is 32.2. The van der Waals surface area contributed by atoms with Crippen LogP contribution in [0, 0.1) is 11.3 Å². The number of carbonyl (C=O) groups excluding carboxylic acids is 1. The molecule has 2 fully saturated rings. The predicted octanol–water partition coefficient (Wildman–Crippen LogP) is 4.97. The van der Waals surface area contributed by atoms with Crippen molar-refractivity contribution in [3.05, 3.63) is 17.7 Å². The first-order valence-corrected chi connectivity index (χ1v) is 12.8. The molecule has 0 radical (unpaired) electrons. The Morgan fingerprint density at radius 2 is 1.90 bits per heavy atom. The third kappa shape index (κ3) is 5.54. The molecule has 2 heterocycles. The van der Waals surface area contributed by atoms with Gasteiger partial charge in [0.15, 0.2) is 0 Å². The average Bonchev–Trinajstić information content (AvgIpc) is 2.78. The molecule has 2 aliphatic rings. The monoisotopic (exact) mass is 447 g/mol. The lowest BCUT2D eigenvalue weighted by Crippen LogP contribution is -2.47. The van der Waals surface area contributed by atoms with Crippen molar-refractivity contribution in [1.82, 2.24) is 10.3 Å². The SMILES string of the molecule is CCCSc1nc(N2CCC(C(=O)O)(C(C)C)CC2)ccc1C(=O)NC1CCCCC1. The predicted molar refractivity (Wildman–Crippen MR) is 126 cm³/mol. The van der Waals surface area contributed by atoms with Gasteiger partial charge < -0.3 is 15.3 Å². The summed E-state index contributed by atoms with van der Waals surface area (Å²) in [4.78, 5) is 31.9. The molecule has 2 N–H and O–H groups in total. The summed E-state index contributed by atoms with van der Waals surface area (Å²) in [7, 11) is 0. The van der Waals surface area contributed by atoms with E-state index in [9.17, 15) is 14.7 Å². The van der Waals surface area contributed by atoms with Gasteiger partial charge in [-0.2, -0.15) is 0 Å². The molecule has 3 rings (SSSR count). The molecule has 7 heteroatoms. The number of hydrogen-bond acceptors (Lipinski definition) is 5. The smallest absolute Gasteiger partial charge is 0.310 e. The summed E-state index contributed by atoms with van der Waals surface area (Å²) in [6, 6.07) is 4.10. The number of carboxylic acid groups (broad SMARTS) is 1. The van der Waals surface area contributed by atoms with Gasteiger partial charge in [0, 0.05) is 19.1 Å². The quantitative estimate of drug-likeness (QED) is 0.547. The first-order valence-electron chi connectivity index (χ1n) is 11.8. The van der Waals surface area contributed by atoms with Crippen molar-refractivity contribution in [3.8, 4) is 0 Å². The number of aromatic nitrogens is 1. The van der Waals surface area contributed by atoms with Crippen LogP contribution in [0.5, 0.6) is 0 Å². The number of nitrogens with one attached hydrogen (secondary N) is 1. The van der Waals surface area contributed by atoms with E-state index < -0.39 is 11.4 Å². The summed E-state index contributed by atoms with van der Waals surface area (Å²) in [5.41, 5.74) is 0.00248. The molecule has 1 aliphatic carbocycles. The van der Waals surface area contributed by atoms with Gasteiger partial charge in [-0.3, -0.25) is 9.59 Å². The van der Waals surface area contributed by atoms with Gasteiger partial charge in [0.05, 0.1) is 11.0 Å². The van der Waals surface area contributed by atoms with Gasteiger partial charge in [-0.05, 0) is 55.9 Å². The number of carbonyl (C=O) groups is 2. The third-order valence-corrected chi connectivity index (χ3v) is 8.18. The summed E-state index contributed by atoms with van der Waals surface area (Å²) in [6.45, 7) is 7.47. The Bertz CT molecular complexity index is 769. The maximum Gasteiger partial charge on any atom is 0.310 e. The molecule has 1 saturated heterocycles. The van der Waals surface area contributed by atoms with E-state index in [-0.39, 0.29) is 17.9 Å². The average molecular weight is 448 g/mol. The standard InChI is InChI=1S/C24H37N3O3S/c1-4-16-31-22-19(21(28)25-18-8-6-5-7-9-18)10-11-20(26-22)27-14-12-24(13-15-27,17(2)3)23(29)30/h10-11,17-18H,4-9,12-16H2,1-3H3,(H,25,28)(H,29,30). The minimum absolute atomic E-state index is 0.0205. The topological polar surface area (TPSA) is 82.5 Å². The van der Waals surface area contributed by atoms with Crippen molar-refractivity contribution in [2.75, 3.05) is 23.7 Å². The van der Waals surface area contributed by atoms with Crippen LogP contribution in [0.25, 0.3) is 0 Å². The Morgan fingerprint density at radius 1 is 1.23 bits per heavy atom. The Balaban J connectivity index is 1.75. The second-order valence-corrected chi connectivity index (χ2v) is 10.4. The van der Waals surface area contributed by atoms with E-state index in [0.717, 1.165) is 35.9 Å². The van der Waals surface area contributed by atoms with Crippen LogP contribution in [0.3, 0.4) is 0 Å². The third-order valence-electron chi connectivity index (χ3n) is 6.98. The molecule has 0 aromatic carbocycles. The van der Waals surface area contributed by atoms with Crippen molar-refractivity contribution in [3.63, 3.8) is 0 Å². The van der Waals surface area contributed by atoms with Crippen molar-refractivity contribution >= 4 is 29.5 Å². The van der Waals surface area contributed by atoms with Gasteiger partial charge in [-0.15, -0.1) is 11.8 Å². The number of carboxylic acids is 1. The van der Waals surface area contributed by atoms with Crippen LogP contribution in [-0.4, -0.2) is 46.9 Å². The van der Waals surface area contributed by atoms with Crippen LogP contribution in [0.4, 0.5) is 5.82 Å². The van der Waals surface area contributed by atoms with Gasteiger partial charge in [0.25, 0.3) is 5.91 Å². The molecule has 0 atom stereocenters. The van der Waals surface area contributed by atoms with Crippen LogP contribution in [0.2, 0.25) is 0 Å². The number of piperidine rings is 1. The first kappa shape index (κ1) is 23.9. The van der Waals surface area contributed by atoms with Gasteiger partial charge in [0.1, 0.15) is 10.8 Å². The highest BCUT2D eigenvalue weighted by Gasteiger charge is 2.44. The van der Waals surface area contributed by atoms with Crippen molar-refractivity contribution in [2.24, 2.45) is 11.3 Å². The lowest BCUT2D eigenvalue weighted by atomic mass is 9.70. The number of rotatable bonds is 8. The number of amides is 1. The summed E-state index contributed by atoms with van der Waals surface area (Å²) < 4.78 is 0. The zero-order valence-electron chi connectivity index (χ0n) is 19.2. The maximum absolute atomic E-state index is 13.0. The van der Waals surface area contributed by atoms with Crippen LogP contribution in [0.15, 0.2) is 17.2 Å². The Kier molecular flexibility index (Phi) is 8.25. The minimum Gasteiger partial charge on any atom is -0.481 e. The van der Waals surface area contributed by atoms with Crippen LogP contribution in [-0.2, 0) is 4.79 Å². The highest BCUT2D eigenvalue weighted by Crippen LogP contribution is 2.40. The van der Waals surface area contributed by atoms with Crippen LogP contribution in [0.1, 0.15) is 82.5 Å². The molecule has 1 aromatic rings. The second kappa shape index (κ2) is 10.7. The van der Waals surface area contributed by atoms with E-state index in [1.807, 2.05) is 26.0 Å². The number of anilines is 1. The molecule has 1 saturated carbocycles. The first-order chi connectivity index (χ1) is 14.9. The Hall–Kier alpha value is -1.76. The van der Waals surface area contributed by atoms with E-state index in [2.05, 4.69) is 17.1 Å². The van der Waals surface area contributed by atoms with Crippen LogP contribution >= 0.6 is 11.8 Å². The van der Waals surface area contributed by atoms with E-state index >= 15 is 0 Å². The molecular weight excluding hydrogens is 410 g/mol. The fourth-order valence-corrected chi connectivity index (χ4v) is 5.64. The molecule has 0 bridgehead atoms. The van der Waals surface area contributed by atoms with E-state index in [1.54, 1.807) is 11.8 Å². The fourth-order valence-electron chi connectivity index (χ4n) is 4.77. The van der Waals surface area contributed by atoms with Crippen molar-refractivity contribution in [2.45, 2.75) is 83.2 Å². The summed E-state index contributed by atoms with van der Waals surface area (Å²) in [5, 5.41) is 13.8. The van der Waals surface area contributed by atoms with Crippen molar-refractivity contribution in [1.29, 1.82) is 0 Å². The lowest BCUT2D eigenvalue weighted by Gasteiger charge is -2.42. The minimum atomic E-state index is -0.691. The largest absolute Gasteiger partial charge is 0.481 e. The maximum atomic E-state index is 13.0. The number of thioether (sulfide) groups is 1. The van der Waals surface area contributed by atoms with Gasteiger partial charge in [0.2, 0.25) is 0 Å². The summed E-state index contributed by atoms with van der Waals surface area (Å²) in [6.07, 6.45) is 7.99. The Morgan fingerprint density at radius 3 is 2.48 bits per heavy atom.